The lowest BCUT2D eigenvalue weighted by Crippen LogP contribution is -2.13. The highest BCUT2D eigenvalue weighted by molar-refractivity contribution is 7.89. The number of anilines is 1. The highest BCUT2D eigenvalue weighted by Gasteiger charge is 2.24. The Morgan fingerprint density at radius 2 is 2.04 bits per heavy atom. The van der Waals surface area contributed by atoms with E-state index < -0.39 is 10.0 Å². The standard InChI is InChI=1S/C16H14FN3O2S/c17-12-3-1-10-2-5-16(14(10)8-12)20-15-6-4-13(23(19,21)22)7-11(15)9-18/h1,3-4,6-8,16,20H,2,5H2,(H2,19,21,22)/t16-/m1/s1. The van der Waals surface area contributed by atoms with Gasteiger partial charge in [0, 0.05) is 0 Å². The minimum atomic E-state index is -3.86. The molecule has 0 bridgehead atoms. The average Bonchev–Trinajstić information content (AvgIpc) is 2.89. The molecule has 2 aromatic carbocycles. The lowest BCUT2D eigenvalue weighted by molar-refractivity contribution is 0.597. The van der Waals surface area contributed by atoms with E-state index >= 15 is 0 Å². The van der Waals surface area contributed by atoms with Crippen LogP contribution >= 0.6 is 0 Å². The van der Waals surface area contributed by atoms with Gasteiger partial charge >= 0.3 is 0 Å². The van der Waals surface area contributed by atoms with Crippen LogP contribution in [0.3, 0.4) is 0 Å². The Balaban J connectivity index is 1.94. The minimum absolute atomic E-state index is 0.113. The molecule has 0 heterocycles. The van der Waals surface area contributed by atoms with Crippen LogP contribution in [0.15, 0.2) is 41.3 Å². The van der Waals surface area contributed by atoms with Crippen LogP contribution in [0, 0.1) is 17.1 Å². The first-order valence-corrected chi connectivity index (χ1v) is 8.55. The van der Waals surface area contributed by atoms with Gasteiger partial charge in [0.05, 0.1) is 22.2 Å². The largest absolute Gasteiger partial charge is 0.377 e. The SMILES string of the molecule is N#Cc1cc(S(N)(=O)=O)ccc1N[C@@H]1CCc2ccc(F)cc21. The van der Waals surface area contributed by atoms with Crippen LogP contribution in [0.1, 0.15) is 29.2 Å². The molecule has 7 heteroatoms. The van der Waals surface area contributed by atoms with Crippen molar-refractivity contribution in [2.75, 3.05) is 5.32 Å². The molecule has 3 N–H and O–H groups in total. The molecule has 118 valence electrons. The van der Waals surface area contributed by atoms with Crippen molar-refractivity contribution in [1.29, 1.82) is 5.26 Å². The van der Waals surface area contributed by atoms with Crippen molar-refractivity contribution in [1.82, 2.24) is 0 Å². The van der Waals surface area contributed by atoms with E-state index in [1.54, 1.807) is 6.07 Å². The van der Waals surface area contributed by atoms with Crippen LogP contribution in [-0.2, 0) is 16.4 Å². The molecule has 5 nitrogen and oxygen atoms in total. The zero-order chi connectivity index (χ0) is 16.6. The van der Waals surface area contributed by atoms with Gasteiger partial charge in [0.1, 0.15) is 11.9 Å². The molecule has 0 amide bonds. The molecule has 23 heavy (non-hydrogen) atoms. The van der Waals surface area contributed by atoms with Gasteiger partial charge in [0.25, 0.3) is 0 Å². The summed E-state index contributed by atoms with van der Waals surface area (Å²) < 4.78 is 36.2. The molecule has 0 aliphatic heterocycles. The number of fused-ring (bicyclic) bond motifs is 1. The third kappa shape index (κ3) is 3.04. The van der Waals surface area contributed by atoms with E-state index in [4.69, 9.17) is 5.14 Å². The van der Waals surface area contributed by atoms with Crippen molar-refractivity contribution < 1.29 is 12.8 Å². The topological polar surface area (TPSA) is 96.0 Å². The van der Waals surface area contributed by atoms with Crippen molar-refractivity contribution in [3.8, 4) is 6.07 Å². The summed E-state index contributed by atoms with van der Waals surface area (Å²) in [5, 5.41) is 17.5. The van der Waals surface area contributed by atoms with E-state index in [1.165, 1.54) is 30.3 Å². The summed E-state index contributed by atoms with van der Waals surface area (Å²) in [5.74, 6) is -0.303. The Bertz CT molecular complexity index is 919. The molecule has 1 aliphatic carbocycles. The smallest absolute Gasteiger partial charge is 0.238 e. The Hall–Kier alpha value is -2.43. The number of hydrogen-bond acceptors (Lipinski definition) is 4. The van der Waals surface area contributed by atoms with Crippen LogP contribution in [0.5, 0.6) is 0 Å². The zero-order valence-electron chi connectivity index (χ0n) is 12.1. The fraction of sp³-hybridized carbons (Fsp3) is 0.188. The molecule has 0 spiro atoms. The molecule has 0 radical (unpaired) electrons. The molecular formula is C16H14FN3O2S. The number of halogens is 1. The quantitative estimate of drug-likeness (QED) is 0.903. The first-order valence-electron chi connectivity index (χ1n) is 7.00. The van der Waals surface area contributed by atoms with Crippen LogP contribution in [0.4, 0.5) is 10.1 Å². The number of hydrogen-bond donors (Lipinski definition) is 2. The third-order valence-electron chi connectivity index (χ3n) is 3.96. The molecule has 0 aromatic heterocycles. The Kier molecular flexibility index (Phi) is 3.80. The maximum Gasteiger partial charge on any atom is 0.238 e. The van der Waals surface area contributed by atoms with Crippen LogP contribution < -0.4 is 10.5 Å². The molecule has 0 saturated carbocycles. The summed E-state index contributed by atoms with van der Waals surface area (Å²) in [6.07, 6.45) is 1.60. The van der Waals surface area contributed by atoms with Gasteiger partial charge < -0.3 is 5.32 Å². The Morgan fingerprint density at radius 3 is 2.74 bits per heavy atom. The summed E-state index contributed by atoms with van der Waals surface area (Å²) in [6, 6.07) is 10.6. The van der Waals surface area contributed by atoms with E-state index in [9.17, 15) is 18.1 Å². The maximum atomic E-state index is 13.4. The number of benzene rings is 2. The van der Waals surface area contributed by atoms with Gasteiger partial charge in [-0.15, -0.1) is 0 Å². The molecule has 0 unspecified atom stereocenters. The molecule has 2 aromatic rings. The fourth-order valence-electron chi connectivity index (χ4n) is 2.83. The lowest BCUT2D eigenvalue weighted by Gasteiger charge is -2.17. The van der Waals surface area contributed by atoms with E-state index in [0.717, 1.165) is 24.0 Å². The number of aryl methyl sites for hydroxylation is 1. The highest BCUT2D eigenvalue weighted by atomic mass is 32.2. The van der Waals surface area contributed by atoms with Gasteiger partial charge in [-0.1, -0.05) is 6.07 Å². The summed E-state index contributed by atoms with van der Waals surface area (Å²) in [5.41, 5.74) is 2.62. The summed E-state index contributed by atoms with van der Waals surface area (Å²) in [6.45, 7) is 0. The molecular weight excluding hydrogens is 317 g/mol. The van der Waals surface area contributed by atoms with Crippen LogP contribution in [-0.4, -0.2) is 8.42 Å². The second-order valence-corrected chi connectivity index (χ2v) is 7.00. The first-order chi connectivity index (χ1) is 10.9. The number of rotatable bonds is 3. The molecule has 0 saturated heterocycles. The van der Waals surface area contributed by atoms with Crippen LogP contribution in [0.2, 0.25) is 0 Å². The number of nitrogens with one attached hydrogen (secondary N) is 1. The lowest BCUT2D eigenvalue weighted by atomic mass is 10.1. The number of nitriles is 1. The molecule has 0 fully saturated rings. The van der Waals surface area contributed by atoms with Crippen molar-refractivity contribution in [2.24, 2.45) is 5.14 Å². The zero-order valence-corrected chi connectivity index (χ0v) is 12.9. The summed E-state index contributed by atoms with van der Waals surface area (Å²) in [7, 11) is -3.86. The van der Waals surface area contributed by atoms with E-state index in [0.29, 0.717) is 5.69 Å². The van der Waals surface area contributed by atoms with Gasteiger partial charge in [-0.2, -0.15) is 5.26 Å². The predicted molar refractivity (Wildman–Crippen MR) is 83.6 cm³/mol. The van der Waals surface area contributed by atoms with Crippen molar-refractivity contribution >= 4 is 15.7 Å². The number of primary sulfonamides is 1. The Morgan fingerprint density at radius 1 is 1.26 bits per heavy atom. The molecule has 1 aliphatic rings. The van der Waals surface area contributed by atoms with Gasteiger partial charge in [-0.05, 0) is 54.3 Å². The van der Waals surface area contributed by atoms with Crippen molar-refractivity contribution in [2.45, 2.75) is 23.8 Å². The normalized spacial score (nSPS) is 16.7. The van der Waals surface area contributed by atoms with Crippen LogP contribution in [0.25, 0.3) is 0 Å². The maximum absolute atomic E-state index is 13.4. The van der Waals surface area contributed by atoms with Crippen molar-refractivity contribution in [3.63, 3.8) is 0 Å². The monoisotopic (exact) mass is 331 g/mol. The molecule has 1 atom stereocenters. The number of nitrogens with two attached hydrogens (primary N) is 1. The fourth-order valence-corrected chi connectivity index (χ4v) is 3.37. The van der Waals surface area contributed by atoms with E-state index in [2.05, 4.69) is 5.32 Å². The van der Waals surface area contributed by atoms with Gasteiger partial charge in [-0.3, -0.25) is 0 Å². The summed E-state index contributed by atoms with van der Waals surface area (Å²) >= 11 is 0. The molecule has 3 rings (SSSR count). The highest BCUT2D eigenvalue weighted by Crippen LogP contribution is 2.35. The second kappa shape index (κ2) is 5.65. The second-order valence-electron chi connectivity index (χ2n) is 5.44. The number of sulfonamides is 1. The Labute approximate surface area is 133 Å². The van der Waals surface area contributed by atoms with Gasteiger partial charge in [0.2, 0.25) is 10.0 Å². The number of nitrogens with zero attached hydrogens (tertiary/aromatic N) is 1. The first kappa shape index (κ1) is 15.5. The van der Waals surface area contributed by atoms with Gasteiger partial charge in [0.15, 0.2) is 0 Å². The van der Waals surface area contributed by atoms with E-state index in [1.807, 2.05) is 6.07 Å². The van der Waals surface area contributed by atoms with E-state index in [-0.39, 0.29) is 22.3 Å². The van der Waals surface area contributed by atoms with Gasteiger partial charge in [-0.25, -0.2) is 17.9 Å². The summed E-state index contributed by atoms with van der Waals surface area (Å²) in [4.78, 5) is -0.113. The minimum Gasteiger partial charge on any atom is -0.377 e. The predicted octanol–water partition coefficient (Wildman–Crippen LogP) is 2.44. The van der Waals surface area contributed by atoms with Crippen molar-refractivity contribution in [3.05, 3.63) is 58.9 Å². The average molecular weight is 331 g/mol. The third-order valence-corrected chi connectivity index (χ3v) is 4.87.